The number of benzene rings is 1. The van der Waals surface area contributed by atoms with Gasteiger partial charge >= 0.3 is 0 Å². The number of hydrogen-bond donors (Lipinski definition) is 2. The zero-order valence-corrected chi connectivity index (χ0v) is 13.2. The molecule has 0 radical (unpaired) electrons. The highest BCUT2D eigenvalue weighted by atomic mass is 35.5. The second kappa shape index (κ2) is 5.69. The number of rotatable bonds is 3. The van der Waals surface area contributed by atoms with E-state index in [2.05, 4.69) is 0 Å². The maximum atomic E-state index is 12.6. The molecule has 0 aromatic heterocycles. The molecule has 1 aliphatic heterocycles. The van der Waals surface area contributed by atoms with Crippen LogP contribution in [-0.4, -0.2) is 37.0 Å². The van der Waals surface area contributed by atoms with Crippen LogP contribution in [0.4, 0.5) is 5.69 Å². The molecule has 0 saturated carbocycles. The summed E-state index contributed by atoms with van der Waals surface area (Å²) in [5.74, 6) is -0.0722. The van der Waals surface area contributed by atoms with Crippen molar-refractivity contribution >= 4 is 38.9 Å². The van der Waals surface area contributed by atoms with E-state index in [0.717, 1.165) is 0 Å². The van der Waals surface area contributed by atoms with Crippen LogP contribution in [0.1, 0.15) is 13.3 Å². The van der Waals surface area contributed by atoms with Gasteiger partial charge in [0.25, 0.3) is 0 Å². The maximum Gasteiger partial charge on any atom is 0.246 e. The van der Waals surface area contributed by atoms with Crippen LogP contribution in [0.2, 0.25) is 10.0 Å². The van der Waals surface area contributed by atoms with Crippen molar-refractivity contribution in [3.8, 4) is 0 Å². The van der Waals surface area contributed by atoms with Crippen LogP contribution in [0.3, 0.4) is 0 Å². The number of sulfonamides is 1. The lowest BCUT2D eigenvalue weighted by Gasteiger charge is -2.19. The van der Waals surface area contributed by atoms with Gasteiger partial charge in [0.05, 0.1) is 16.8 Å². The predicted octanol–water partition coefficient (Wildman–Crippen LogP) is 1.97. The Balaban J connectivity index is 2.38. The van der Waals surface area contributed by atoms with E-state index in [1.54, 1.807) is 6.92 Å². The molecule has 1 aliphatic rings. The lowest BCUT2D eigenvalue weighted by Crippen LogP contribution is -2.31. The maximum absolute atomic E-state index is 12.6. The standard InChI is InChI=1S/C12H16Cl2N2O3S/c1-7(17)8-2-3-16(6-8)20(18,19)12-10(14)4-9(13)5-11(12)15/h4-5,7-8,17H,2-3,6,15H2,1H3. The Morgan fingerprint density at radius 3 is 2.60 bits per heavy atom. The molecule has 0 aliphatic carbocycles. The van der Waals surface area contributed by atoms with Crippen LogP contribution in [0.25, 0.3) is 0 Å². The van der Waals surface area contributed by atoms with Crippen molar-refractivity contribution in [2.45, 2.75) is 24.3 Å². The van der Waals surface area contributed by atoms with Gasteiger partial charge in [0, 0.05) is 18.1 Å². The van der Waals surface area contributed by atoms with E-state index in [1.165, 1.54) is 16.4 Å². The second-order valence-electron chi connectivity index (χ2n) is 4.96. The van der Waals surface area contributed by atoms with Gasteiger partial charge in [0.2, 0.25) is 10.0 Å². The zero-order valence-electron chi connectivity index (χ0n) is 10.9. The van der Waals surface area contributed by atoms with Crippen molar-refractivity contribution in [2.24, 2.45) is 5.92 Å². The molecule has 5 nitrogen and oxygen atoms in total. The Hall–Kier alpha value is -0.530. The van der Waals surface area contributed by atoms with Gasteiger partial charge in [-0.05, 0) is 31.4 Å². The number of aliphatic hydroxyl groups is 1. The van der Waals surface area contributed by atoms with Gasteiger partial charge in [0.1, 0.15) is 4.90 Å². The van der Waals surface area contributed by atoms with Gasteiger partial charge in [-0.2, -0.15) is 4.31 Å². The third-order valence-electron chi connectivity index (χ3n) is 3.50. The number of halogens is 2. The van der Waals surface area contributed by atoms with E-state index in [0.29, 0.717) is 13.0 Å². The first-order valence-electron chi connectivity index (χ1n) is 6.16. The van der Waals surface area contributed by atoms with E-state index in [4.69, 9.17) is 28.9 Å². The summed E-state index contributed by atoms with van der Waals surface area (Å²) in [5, 5.41) is 9.86. The number of hydrogen-bond acceptors (Lipinski definition) is 4. The molecular formula is C12H16Cl2N2O3S. The average Bonchev–Trinajstić information content (AvgIpc) is 2.76. The Morgan fingerprint density at radius 2 is 2.10 bits per heavy atom. The van der Waals surface area contributed by atoms with E-state index in [-0.39, 0.29) is 33.1 Å². The van der Waals surface area contributed by atoms with Crippen molar-refractivity contribution in [1.82, 2.24) is 4.31 Å². The molecule has 0 spiro atoms. The number of aliphatic hydroxyl groups excluding tert-OH is 1. The molecule has 2 rings (SSSR count). The van der Waals surface area contributed by atoms with E-state index < -0.39 is 16.1 Å². The molecule has 112 valence electrons. The Bertz CT molecular complexity index is 596. The highest BCUT2D eigenvalue weighted by Crippen LogP contribution is 2.35. The summed E-state index contributed by atoms with van der Waals surface area (Å²) in [6.45, 7) is 2.26. The van der Waals surface area contributed by atoms with E-state index >= 15 is 0 Å². The molecule has 3 N–H and O–H groups in total. The SMILES string of the molecule is CC(O)C1CCN(S(=O)(=O)c2c(N)cc(Cl)cc2Cl)C1. The van der Waals surface area contributed by atoms with Crippen molar-refractivity contribution in [2.75, 3.05) is 18.8 Å². The zero-order chi connectivity index (χ0) is 15.1. The minimum absolute atomic E-state index is 0.00972. The van der Waals surface area contributed by atoms with Crippen LogP contribution in [0.5, 0.6) is 0 Å². The smallest absolute Gasteiger partial charge is 0.246 e. The summed E-state index contributed by atoms with van der Waals surface area (Å²) in [6.07, 6.45) is 0.0652. The molecule has 2 atom stereocenters. The van der Waals surface area contributed by atoms with Crippen LogP contribution in [-0.2, 0) is 10.0 Å². The van der Waals surface area contributed by atoms with Crippen LogP contribution >= 0.6 is 23.2 Å². The Kier molecular flexibility index (Phi) is 4.51. The van der Waals surface area contributed by atoms with Gasteiger partial charge < -0.3 is 10.8 Å². The molecule has 0 amide bonds. The normalized spacial score (nSPS) is 22.1. The molecule has 0 bridgehead atoms. The lowest BCUT2D eigenvalue weighted by atomic mass is 10.0. The van der Waals surface area contributed by atoms with E-state index in [9.17, 15) is 13.5 Å². The van der Waals surface area contributed by atoms with Crippen molar-refractivity contribution in [3.05, 3.63) is 22.2 Å². The summed E-state index contributed by atoms with van der Waals surface area (Å²) in [6, 6.07) is 2.72. The summed E-state index contributed by atoms with van der Waals surface area (Å²) in [5.41, 5.74) is 5.78. The monoisotopic (exact) mass is 338 g/mol. The highest BCUT2D eigenvalue weighted by molar-refractivity contribution is 7.89. The molecule has 1 saturated heterocycles. The molecule has 20 heavy (non-hydrogen) atoms. The lowest BCUT2D eigenvalue weighted by molar-refractivity contribution is 0.133. The van der Waals surface area contributed by atoms with Gasteiger partial charge in [-0.3, -0.25) is 0 Å². The molecule has 1 fully saturated rings. The largest absolute Gasteiger partial charge is 0.398 e. The summed E-state index contributed by atoms with van der Waals surface area (Å²) < 4.78 is 26.5. The van der Waals surface area contributed by atoms with E-state index in [1.807, 2.05) is 0 Å². The molecule has 1 aromatic rings. The van der Waals surface area contributed by atoms with Crippen molar-refractivity contribution in [3.63, 3.8) is 0 Å². The molecular weight excluding hydrogens is 323 g/mol. The third-order valence-corrected chi connectivity index (χ3v) is 6.12. The van der Waals surface area contributed by atoms with Crippen LogP contribution in [0, 0.1) is 5.92 Å². The van der Waals surface area contributed by atoms with Crippen LogP contribution < -0.4 is 5.73 Å². The van der Waals surface area contributed by atoms with Crippen molar-refractivity contribution < 1.29 is 13.5 Å². The van der Waals surface area contributed by atoms with Gasteiger partial charge in [-0.25, -0.2) is 8.42 Å². The first-order chi connectivity index (χ1) is 9.23. The quantitative estimate of drug-likeness (QED) is 0.825. The third kappa shape index (κ3) is 2.89. The fourth-order valence-electron chi connectivity index (χ4n) is 2.35. The molecule has 8 heteroatoms. The first-order valence-corrected chi connectivity index (χ1v) is 8.36. The minimum Gasteiger partial charge on any atom is -0.398 e. The summed E-state index contributed by atoms with van der Waals surface area (Å²) >= 11 is 11.8. The fraction of sp³-hybridized carbons (Fsp3) is 0.500. The fourth-order valence-corrected chi connectivity index (χ4v) is 4.80. The number of nitrogens with zero attached hydrogens (tertiary/aromatic N) is 1. The molecule has 2 unspecified atom stereocenters. The topological polar surface area (TPSA) is 83.6 Å². The summed E-state index contributed by atoms with van der Waals surface area (Å²) in [4.78, 5) is -0.116. The molecule has 1 aromatic carbocycles. The Labute approximate surface area is 128 Å². The number of nitrogen functional groups attached to an aromatic ring is 1. The van der Waals surface area contributed by atoms with Gasteiger partial charge in [0.15, 0.2) is 0 Å². The average molecular weight is 339 g/mol. The van der Waals surface area contributed by atoms with Crippen LogP contribution in [0.15, 0.2) is 17.0 Å². The Morgan fingerprint density at radius 1 is 1.45 bits per heavy atom. The summed E-state index contributed by atoms with van der Waals surface area (Å²) in [7, 11) is -3.78. The first kappa shape index (κ1) is 15.9. The number of anilines is 1. The minimum atomic E-state index is -3.78. The van der Waals surface area contributed by atoms with Gasteiger partial charge in [-0.15, -0.1) is 0 Å². The number of nitrogens with two attached hydrogens (primary N) is 1. The highest BCUT2D eigenvalue weighted by Gasteiger charge is 2.36. The van der Waals surface area contributed by atoms with Crippen molar-refractivity contribution in [1.29, 1.82) is 0 Å². The second-order valence-corrected chi connectivity index (χ2v) is 7.68. The predicted molar refractivity (Wildman–Crippen MR) is 79.4 cm³/mol. The molecule has 1 heterocycles. The van der Waals surface area contributed by atoms with Gasteiger partial charge in [-0.1, -0.05) is 23.2 Å².